The molecule has 0 bridgehead atoms. The first-order valence-corrected chi connectivity index (χ1v) is 8.38. The van der Waals surface area contributed by atoms with Gasteiger partial charge in [0, 0.05) is 13.1 Å². The molecule has 0 spiro atoms. The van der Waals surface area contributed by atoms with Gasteiger partial charge in [0.2, 0.25) is 11.8 Å². The van der Waals surface area contributed by atoms with Gasteiger partial charge in [-0.2, -0.15) is 0 Å². The maximum absolute atomic E-state index is 14.1. The summed E-state index contributed by atoms with van der Waals surface area (Å²) in [7, 11) is 0. The topological polar surface area (TPSA) is 40.6 Å². The molecule has 130 valence electrons. The number of anilines is 1. The first kappa shape index (κ1) is 17.1. The highest BCUT2D eigenvalue weighted by atomic mass is 19.1. The number of amides is 2. The Balaban J connectivity index is 1.75. The van der Waals surface area contributed by atoms with Gasteiger partial charge in [-0.15, -0.1) is 0 Å². The smallest absolute Gasteiger partial charge is 0.249 e. The lowest BCUT2D eigenvalue weighted by Gasteiger charge is -2.39. The molecule has 2 aromatic rings. The van der Waals surface area contributed by atoms with Gasteiger partial charge in [-0.05, 0) is 37.1 Å². The Bertz CT molecular complexity index is 792. The van der Waals surface area contributed by atoms with Gasteiger partial charge in [-0.3, -0.25) is 9.59 Å². The van der Waals surface area contributed by atoms with Crippen molar-refractivity contribution < 1.29 is 14.0 Å². The Morgan fingerprint density at radius 3 is 2.60 bits per heavy atom. The third-order valence-electron chi connectivity index (χ3n) is 4.57. The molecular formula is C20H21FN2O2. The molecule has 25 heavy (non-hydrogen) atoms. The monoisotopic (exact) mass is 340 g/mol. The first-order valence-electron chi connectivity index (χ1n) is 8.38. The largest absolute Gasteiger partial charge is 0.329 e. The van der Waals surface area contributed by atoms with Crippen molar-refractivity contribution in [3.8, 4) is 0 Å². The summed E-state index contributed by atoms with van der Waals surface area (Å²) in [5, 5.41) is 0. The summed E-state index contributed by atoms with van der Waals surface area (Å²) in [4.78, 5) is 28.3. The van der Waals surface area contributed by atoms with Crippen LogP contribution in [0.25, 0.3) is 0 Å². The fourth-order valence-electron chi connectivity index (χ4n) is 3.15. The normalized spacial score (nSPS) is 17.7. The predicted octanol–water partition coefficient (Wildman–Crippen LogP) is 2.94. The molecule has 5 heteroatoms. The Hall–Kier alpha value is -2.69. The summed E-state index contributed by atoms with van der Waals surface area (Å²) in [6.45, 7) is 4.25. The van der Waals surface area contributed by atoms with Crippen LogP contribution in [0, 0.1) is 12.7 Å². The molecule has 2 amide bonds. The van der Waals surface area contributed by atoms with E-state index in [9.17, 15) is 14.0 Å². The number of hydrogen-bond donors (Lipinski definition) is 0. The van der Waals surface area contributed by atoms with E-state index >= 15 is 0 Å². The number of aryl methyl sites for hydroxylation is 1. The van der Waals surface area contributed by atoms with Crippen molar-refractivity contribution >= 4 is 17.5 Å². The van der Waals surface area contributed by atoms with Crippen molar-refractivity contribution in [3.05, 3.63) is 65.5 Å². The molecular weight excluding hydrogens is 319 g/mol. The number of halogens is 1. The van der Waals surface area contributed by atoms with Crippen LogP contribution in [0.1, 0.15) is 18.1 Å². The number of benzene rings is 2. The van der Waals surface area contributed by atoms with Crippen molar-refractivity contribution in [1.29, 1.82) is 0 Å². The van der Waals surface area contributed by atoms with Crippen LogP contribution in [0.15, 0.2) is 48.5 Å². The lowest BCUT2D eigenvalue weighted by molar-refractivity contribution is -0.140. The average Bonchev–Trinajstić information content (AvgIpc) is 2.60. The minimum absolute atomic E-state index is 0.0867. The van der Waals surface area contributed by atoms with Crippen LogP contribution < -0.4 is 4.90 Å². The second kappa shape index (κ2) is 7.05. The number of hydrogen-bond acceptors (Lipinski definition) is 2. The highest BCUT2D eigenvalue weighted by molar-refractivity contribution is 6.00. The van der Waals surface area contributed by atoms with E-state index in [1.807, 2.05) is 37.3 Å². The highest BCUT2D eigenvalue weighted by Gasteiger charge is 2.35. The number of carbonyl (C=O) groups is 2. The predicted molar refractivity (Wildman–Crippen MR) is 94.8 cm³/mol. The number of piperazine rings is 1. The summed E-state index contributed by atoms with van der Waals surface area (Å²) in [6, 6.07) is 13.6. The molecule has 1 aliphatic rings. The third kappa shape index (κ3) is 3.55. The quantitative estimate of drug-likeness (QED) is 0.862. The Labute approximate surface area is 146 Å². The molecule has 0 N–H and O–H groups in total. The molecule has 1 saturated heterocycles. The van der Waals surface area contributed by atoms with E-state index in [1.165, 1.54) is 11.0 Å². The summed E-state index contributed by atoms with van der Waals surface area (Å²) in [5.41, 5.74) is 2.09. The van der Waals surface area contributed by atoms with E-state index < -0.39 is 11.9 Å². The average molecular weight is 340 g/mol. The van der Waals surface area contributed by atoms with Crippen molar-refractivity contribution in [1.82, 2.24) is 4.90 Å². The van der Waals surface area contributed by atoms with Gasteiger partial charge in [0.15, 0.2) is 0 Å². The zero-order valence-corrected chi connectivity index (χ0v) is 14.4. The Morgan fingerprint density at radius 2 is 1.88 bits per heavy atom. The van der Waals surface area contributed by atoms with Crippen LogP contribution in [0.4, 0.5) is 10.1 Å². The van der Waals surface area contributed by atoms with Crippen LogP contribution in [-0.4, -0.2) is 35.8 Å². The molecule has 0 aliphatic carbocycles. The molecule has 3 rings (SSSR count). The van der Waals surface area contributed by atoms with Gasteiger partial charge < -0.3 is 9.80 Å². The molecule has 1 aliphatic heterocycles. The van der Waals surface area contributed by atoms with Gasteiger partial charge in [0.25, 0.3) is 0 Å². The molecule has 4 nitrogen and oxygen atoms in total. The maximum atomic E-state index is 14.1. The summed E-state index contributed by atoms with van der Waals surface area (Å²) in [5.74, 6) is -0.760. The van der Waals surface area contributed by atoms with Crippen molar-refractivity contribution in [3.63, 3.8) is 0 Å². The minimum Gasteiger partial charge on any atom is -0.329 e. The van der Waals surface area contributed by atoms with Gasteiger partial charge in [-0.1, -0.05) is 36.4 Å². The van der Waals surface area contributed by atoms with E-state index in [2.05, 4.69) is 0 Å². The van der Waals surface area contributed by atoms with E-state index in [-0.39, 0.29) is 23.9 Å². The van der Waals surface area contributed by atoms with Crippen LogP contribution >= 0.6 is 0 Å². The van der Waals surface area contributed by atoms with Crippen molar-refractivity contribution in [2.45, 2.75) is 26.3 Å². The fourth-order valence-corrected chi connectivity index (χ4v) is 3.15. The second-order valence-corrected chi connectivity index (χ2v) is 6.37. The van der Waals surface area contributed by atoms with Gasteiger partial charge in [-0.25, -0.2) is 4.39 Å². The minimum atomic E-state index is -0.607. The standard InChI is InChI=1S/C20H21FN2O2/c1-14-8-9-17(21)18(12-14)23-11-10-22(15(2)20(23)25)19(24)13-16-6-4-3-5-7-16/h3-9,12,15H,10-11,13H2,1-2H3/t15-/m1/s1. The molecule has 0 aromatic heterocycles. The van der Waals surface area contributed by atoms with Gasteiger partial charge in [0.1, 0.15) is 11.9 Å². The second-order valence-electron chi connectivity index (χ2n) is 6.37. The molecule has 1 heterocycles. The summed E-state index contributed by atoms with van der Waals surface area (Å²) in [6.07, 6.45) is 0.261. The van der Waals surface area contributed by atoms with Crippen LogP contribution in [0.3, 0.4) is 0 Å². The molecule has 2 aromatic carbocycles. The molecule has 1 atom stereocenters. The summed E-state index contributed by atoms with van der Waals surface area (Å²) >= 11 is 0. The first-order chi connectivity index (χ1) is 12.0. The third-order valence-corrected chi connectivity index (χ3v) is 4.57. The maximum Gasteiger partial charge on any atom is 0.249 e. The SMILES string of the molecule is Cc1ccc(F)c(N2CCN(C(=O)Cc3ccccc3)[C@H](C)C2=O)c1. The van der Waals surface area contributed by atoms with Gasteiger partial charge in [0.05, 0.1) is 12.1 Å². The lowest BCUT2D eigenvalue weighted by atomic mass is 10.1. The molecule has 0 saturated carbocycles. The summed E-state index contributed by atoms with van der Waals surface area (Å²) < 4.78 is 14.1. The fraction of sp³-hybridized carbons (Fsp3) is 0.300. The van der Waals surface area contributed by atoms with Crippen LogP contribution in [0.2, 0.25) is 0 Å². The van der Waals surface area contributed by atoms with E-state index in [1.54, 1.807) is 24.0 Å². The molecule has 0 unspecified atom stereocenters. The molecule has 0 radical (unpaired) electrons. The number of rotatable bonds is 3. The molecule has 1 fully saturated rings. The zero-order valence-electron chi connectivity index (χ0n) is 14.4. The highest BCUT2D eigenvalue weighted by Crippen LogP contribution is 2.25. The van der Waals surface area contributed by atoms with Crippen molar-refractivity contribution in [2.24, 2.45) is 0 Å². The van der Waals surface area contributed by atoms with E-state index in [0.717, 1.165) is 11.1 Å². The van der Waals surface area contributed by atoms with Crippen molar-refractivity contribution in [2.75, 3.05) is 18.0 Å². The zero-order chi connectivity index (χ0) is 18.0. The number of carbonyl (C=O) groups excluding carboxylic acids is 2. The van der Waals surface area contributed by atoms with E-state index in [0.29, 0.717) is 13.1 Å². The van der Waals surface area contributed by atoms with E-state index in [4.69, 9.17) is 0 Å². The Morgan fingerprint density at radius 1 is 1.16 bits per heavy atom. The van der Waals surface area contributed by atoms with Crippen LogP contribution in [0.5, 0.6) is 0 Å². The Kier molecular flexibility index (Phi) is 4.83. The van der Waals surface area contributed by atoms with Crippen LogP contribution in [-0.2, 0) is 16.0 Å². The van der Waals surface area contributed by atoms with Gasteiger partial charge >= 0.3 is 0 Å². The lowest BCUT2D eigenvalue weighted by Crippen LogP contribution is -2.58. The number of nitrogens with zero attached hydrogens (tertiary/aromatic N) is 2.